The van der Waals surface area contributed by atoms with Crippen molar-refractivity contribution >= 4 is 11.5 Å². The lowest BCUT2D eigenvalue weighted by atomic mass is 10.1. The molecule has 0 radical (unpaired) electrons. The van der Waals surface area contributed by atoms with Gasteiger partial charge in [-0.3, -0.25) is 14.9 Å². The van der Waals surface area contributed by atoms with Crippen molar-refractivity contribution in [2.24, 2.45) is 0 Å². The lowest BCUT2D eigenvalue weighted by Gasteiger charge is -2.08. The van der Waals surface area contributed by atoms with E-state index in [1.165, 1.54) is 33.3 Å². The van der Waals surface area contributed by atoms with Gasteiger partial charge >= 0.3 is 5.69 Å². The van der Waals surface area contributed by atoms with Crippen LogP contribution in [0.3, 0.4) is 0 Å². The van der Waals surface area contributed by atoms with Crippen LogP contribution in [0.1, 0.15) is 17.3 Å². The zero-order valence-corrected chi connectivity index (χ0v) is 9.14. The number of Topliss-reactive ketones (excluding diaryl/α,β-unsaturated/α-hetero) is 1. The summed E-state index contributed by atoms with van der Waals surface area (Å²) in [6.45, 7) is 1.32. The predicted molar refractivity (Wildman–Crippen MR) is 56.2 cm³/mol. The van der Waals surface area contributed by atoms with Gasteiger partial charge in [-0.15, -0.1) is 0 Å². The fourth-order valence-electron chi connectivity index (χ4n) is 1.28. The molecule has 0 heterocycles. The molecule has 0 saturated carbocycles. The third-order valence-corrected chi connectivity index (χ3v) is 2.06. The van der Waals surface area contributed by atoms with Gasteiger partial charge in [0.05, 0.1) is 19.1 Å². The van der Waals surface area contributed by atoms with Gasteiger partial charge in [-0.1, -0.05) is 0 Å². The van der Waals surface area contributed by atoms with Gasteiger partial charge in [-0.2, -0.15) is 0 Å². The normalized spacial score (nSPS) is 9.69. The maximum atomic E-state index is 11.2. The lowest BCUT2D eigenvalue weighted by molar-refractivity contribution is -0.385. The second-order valence-electron chi connectivity index (χ2n) is 3.04. The third-order valence-electron chi connectivity index (χ3n) is 2.06. The van der Waals surface area contributed by atoms with Crippen molar-refractivity contribution in [3.63, 3.8) is 0 Å². The summed E-state index contributed by atoms with van der Waals surface area (Å²) in [7, 11) is 2.66. The number of carbonyl (C=O) groups is 1. The summed E-state index contributed by atoms with van der Waals surface area (Å²) in [4.78, 5) is 21.3. The molecule has 6 nitrogen and oxygen atoms in total. The smallest absolute Gasteiger partial charge is 0.315 e. The first-order valence-electron chi connectivity index (χ1n) is 4.42. The first-order valence-corrected chi connectivity index (χ1v) is 4.42. The van der Waals surface area contributed by atoms with Crippen LogP contribution in [0.5, 0.6) is 11.5 Å². The van der Waals surface area contributed by atoms with Crippen molar-refractivity contribution in [1.29, 1.82) is 0 Å². The maximum absolute atomic E-state index is 11.2. The van der Waals surface area contributed by atoms with E-state index in [1.54, 1.807) is 0 Å². The quantitative estimate of drug-likeness (QED) is 0.443. The molecule has 0 aliphatic heterocycles. The molecule has 16 heavy (non-hydrogen) atoms. The minimum atomic E-state index is -0.617. The Morgan fingerprint density at radius 3 is 2.31 bits per heavy atom. The lowest BCUT2D eigenvalue weighted by Crippen LogP contribution is -2.01. The summed E-state index contributed by atoms with van der Waals surface area (Å²) < 4.78 is 9.82. The van der Waals surface area contributed by atoms with E-state index in [9.17, 15) is 14.9 Å². The van der Waals surface area contributed by atoms with E-state index >= 15 is 0 Å². The van der Waals surface area contributed by atoms with Crippen LogP contribution < -0.4 is 9.47 Å². The second kappa shape index (κ2) is 4.61. The Morgan fingerprint density at radius 1 is 1.31 bits per heavy atom. The zero-order valence-electron chi connectivity index (χ0n) is 9.14. The number of nitro groups is 1. The number of nitro benzene ring substituents is 1. The number of ether oxygens (including phenoxy) is 2. The molecule has 0 spiro atoms. The first-order chi connectivity index (χ1) is 7.51. The third kappa shape index (κ3) is 2.10. The van der Waals surface area contributed by atoms with E-state index in [0.717, 1.165) is 0 Å². The van der Waals surface area contributed by atoms with Crippen LogP contribution >= 0.6 is 0 Å². The van der Waals surface area contributed by atoms with Gasteiger partial charge in [0.25, 0.3) is 0 Å². The maximum Gasteiger partial charge on any atom is 0.315 e. The predicted octanol–water partition coefficient (Wildman–Crippen LogP) is 1.81. The van der Waals surface area contributed by atoms with Crippen LogP contribution in [0.4, 0.5) is 5.69 Å². The Bertz CT molecular complexity index is 441. The van der Waals surface area contributed by atoms with Crippen LogP contribution in [-0.2, 0) is 0 Å². The van der Waals surface area contributed by atoms with Crippen molar-refractivity contribution in [3.05, 3.63) is 27.8 Å². The summed E-state index contributed by atoms with van der Waals surface area (Å²) in [5.74, 6) is -0.0940. The monoisotopic (exact) mass is 225 g/mol. The number of hydrogen-bond donors (Lipinski definition) is 0. The number of methoxy groups -OCH3 is 2. The molecule has 0 saturated heterocycles. The molecule has 0 aromatic heterocycles. The average Bonchev–Trinajstić information content (AvgIpc) is 2.26. The summed E-state index contributed by atoms with van der Waals surface area (Å²) in [6, 6.07) is 2.58. The molecule has 86 valence electrons. The second-order valence-corrected chi connectivity index (χ2v) is 3.04. The fourth-order valence-corrected chi connectivity index (χ4v) is 1.28. The number of rotatable bonds is 4. The van der Waals surface area contributed by atoms with E-state index in [4.69, 9.17) is 9.47 Å². The molecule has 0 N–H and O–H groups in total. The molecule has 0 aliphatic carbocycles. The molecule has 0 bridgehead atoms. The Kier molecular flexibility index (Phi) is 3.44. The van der Waals surface area contributed by atoms with Crippen LogP contribution in [0.2, 0.25) is 0 Å². The molecule has 1 aromatic rings. The van der Waals surface area contributed by atoms with Crippen molar-refractivity contribution in [2.75, 3.05) is 14.2 Å². The number of ketones is 1. The Hall–Kier alpha value is -2.11. The van der Waals surface area contributed by atoms with Gasteiger partial charge in [-0.25, -0.2) is 0 Å². The summed E-state index contributed by atoms with van der Waals surface area (Å²) in [5.41, 5.74) is -0.0728. The Morgan fingerprint density at radius 2 is 1.94 bits per heavy atom. The topological polar surface area (TPSA) is 78.7 Å². The van der Waals surface area contributed by atoms with Crippen LogP contribution in [0, 0.1) is 10.1 Å². The number of carbonyl (C=O) groups excluding carboxylic acids is 1. The minimum absolute atomic E-state index is 0.0116. The highest BCUT2D eigenvalue weighted by atomic mass is 16.6. The van der Waals surface area contributed by atoms with Gasteiger partial charge in [0, 0.05) is 11.6 Å². The SMILES string of the molecule is COc1cc(C(C)=O)cc([N+](=O)[O-])c1OC. The van der Waals surface area contributed by atoms with Gasteiger partial charge in [0.15, 0.2) is 11.5 Å². The largest absolute Gasteiger partial charge is 0.493 e. The molecule has 0 aliphatic rings. The van der Waals surface area contributed by atoms with E-state index in [0.29, 0.717) is 0 Å². The van der Waals surface area contributed by atoms with Crippen LogP contribution in [0.15, 0.2) is 12.1 Å². The van der Waals surface area contributed by atoms with Gasteiger partial charge in [0.2, 0.25) is 5.75 Å². The highest BCUT2D eigenvalue weighted by molar-refractivity contribution is 5.95. The molecule has 0 unspecified atom stereocenters. The fraction of sp³-hybridized carbons (Fsp3) is 0.300. The molecule has 0 fully saturated rings. The minimum Gasteiger partial charge on any atom is -0.493 e. The van der Waals surface area contributed by atoms with Crippen molar-refractivity contribution in [3.8, 4) is 11.5 Å². The van der Waals surface area contributed by atoms with Crippen molar-refractivity contribution in [1.82, 2.24) is 0 Å². The Balaban J connectivity index is 3.49. The number of benzene rings is 1. The van der Waals surface area contributed by atoms with Crippen molar-refractivity contribution < 1.29 is 19.2 Å². The first kappa shape index (κ1) is 12.0. The van der Waals surface area contributed by atoms with Gasteiger partial charge < -0.3 is 9.47 Å². The summed E-state index contributed by atoms with van der Waals surface area (Å²) in [6.07, 6.45) is 0. The van der Waals surface area contributed by atoms with E-state index in [2.05, 4.69) is 0 Å². The van der Waals surface area contributed by atoms with Gasteiger partial charge in [0.1, 0.15) is 0 Å². The molecule has 6 heteroatoms. The highest BCUT2D eigenvalue weighted by Gasteiger charge is 2.22. The highest BCUT2D eigenvalue weighted by Crippen LogP contribution is 2.37. The van der Waals surface area contributed by atoms with Crippen molar-refractivity contribution in [2.45, 2.75) is 6.92 Å². The van der Waals surface area contributed by atoms with Crippen LogP contribution in [-0.4, -0.2) is 24.9 Å². The standard InChI is InChI=1S/C10H11NO5/c1-6(12)7-4-8(11(13)14)10(16-3)9(5-7)15-2/h4-5H,1-3H3. The summed E-state index contributed by atoms with van der Waals surface area (Å²) in [5, 5.41) is 10.8. The van der Waals surface area contributed by atoms with Gasteiger partial charge in [-0.05, 0) is 13.0 Å². The van der Waals surface area contributed by atoms with E-state index in [-0.39, 0.29) is 28.5 Å². The molecule has 0 atom stereocenters. The van der Waals surface area contributed by atoms with E-state index < -0.39 is 4.92 Å². The van der Waals surface area contributed by atoms with Crippen LogP contribution in [0.25, 0.3) is 0 Å². The molecule has 0 amide bonds. The molecule has 1 aromatic carbocycles. The summed E-state index contributed by atoms with van der Waals surface area (Å²) >= 11 is 0. The molecular weight excluding hydrogens is 214 g/mol. The zero-order chi connectivity index (χ0) is 12.3. The number of nitrogens with zero attached hydrogens (tertiary/aromatic N) is 1. The number of hydrogen-bond acceptors (Lipinski definition) is 5. The van der Waals surface area contributed by atoms with E-state index in [1.807, 2.05) is 0 Å². The molecule has 1 rings (SSSR count). The Labute approximate surface area is 91.9 Å². The molecular formula is C10H11NO5. The average molecular weight is 225 g/mol.